The molecule has 2 N–H and O–H groups in total. The fourth-order valence-electron chi connectivity index (χ4n) is 2.82. The van der Waals surface area contributed by atoms with Crippen LogP contribution in [0.5, 0.6) is 0 Å². The van der Waals surface area contributed by atoms with Crippen LogP contribution in [0.15, 0.2) is 36.4 Å². The lowest BCUT2D eigenvalue weighted by atomic mass is 9.98. The van der Waals surface area contributed by atoms with E-state index in [1.54, 1.807) is 0 Å². The van der Waals surface area contributed by atoms with Gasteiger partial charge in [0.05, 0.1) is 0 Å². The Labute approximate surface area is 132 Å². The Hall–Kier alpha value is -1.94. The van der Waals surface area contributed by atoms with E-state index < -0.39 is 0 Å². The minimum Gasteiger partial charge on any atom is -0.370 e. The van der Waals surface area contributed by atoms with Crippen molar-refractivity contribution in [3.8, 4) is 11.4 Å². The quantitative estimate of drug-likeness (QED) is 0.890. The van der Waals surface area contributed by atoms with Crippen molar-refractivity contribution in [2.45, 2.75) is 26.2 Å². The molecule has 22 heavy (non-hydrogen) atoms. The van der Waals surface area contributed by atoms with E-state index >= 15 is 0 Å². The second-order valence-corrected chi connectivity index (χ2v) is 5.86. The smallest absolute Gasteiger partial charge is 0.161 e. The lowest BCUT2D eigenvalue weighted by Gasteiger charge is -2.23. The summed E-state index contributed by atoms with van der Waals surface area (Å²) in [7, 11) is 0. The third-order valence-electron chi connectivity index (χ3n) is 4.20. The fraction of sp³-hybridized carbons (Fsp3) is 0.444. The molecule has 0 atom stereocenters. The van der Waals surface area contributed by atoms with Gasteiger partial charge in [0, 0.05) is 23.9 Å². The lowest BCUT2D eigenvalue weighted by molar-refractivity contribution is 0.389. The van der Waals surface area contributed by atoms with Crippen molar-refractivity contribution in [1.82, 2.24) is 15.3 Å². The second kappa shape index (κ2) is 7.36. The van der Waals surface area contributed by atoms with Gasteiger partial charge in [-0.1, -0.05) is 37.3 Å². The van der Waals surface area contributed by atoms with Gasteiger partial charge in [-0.2, -0.15) is 0 Å². The minimum atomic E-state index is 0.737. The molecule has 1 fully saturated rings. The number of rotatable bonds is 5. The summed E-state index contributed by atoms with van der Waals surface area (Å²) in [5.74, 6) is 2.50. The van der Waals surface area contributed by atoms with Crippen LogP contribution in [0.4, 0.5) is 5.82 Å². The molecular weight excluding hydrogens is 272 g/mol. The molecule has 3 rings (SSSR count). The largest absolute Gasteiger partial charge is 0.370 e. The molecule has 0 saturated carbocycles. The summed E-state index contributed by atoms with van der Waals surface area (Å²) in [6.45, 7) is 5.39. The van der Waals surface area contributed by atoms with E-state index in [-0.39, 0.29) is 0 Å². The van der Waals surface area contributed by atoms with Crippen molar-refractivity contribution in [2.75, 3.05) is 25.0 Å². The summed E-state index contributed by atoms with van der Waals surface area (Å²) >= 11 is 0. The normalized spacial score (nSPS) is 15.7. The number of nitrogens with zero attached hydrogens (tertiary/aromatic N) is 2. The molecule has 0 unspecified atom stereocenters. The predicted molar refractivity (Wildman–Crippen MR) is 90.9 cm³/mol. The topological polar surface area (TPSA) is 49.8 Å². The maximum absolute atomic E-state index is 4.70. The average molecular weight is 296 g/mol. The van der Waals surface area contributed by atoms with Crippen LogP contribution in [0.1, 0.15) is 25.5 Å². The van der Waals surface area contributed by atoms with Crippen molar-refractivity contribution in [3.63, 3.8) is 0 Å². The monoisotopic (exact) mass is 296 g/mol. The zero-order valence-electron chi connectivity index (χ0n) is 13.2. The van der Waals surface area contributed by atoms with Crippen molar-refractivity contribution in [3.05, 3.63) is 42.1 Å². The standard InChI is InChI=1S/C18H24N4/c1-2-16-12-17(20-13-14-8-10-19-11-9-14)22-18(21-16)15-6-4-3-5-7-15/h3-7,12,14,19H,2,8-11,13H2,1H3,(H,20,21,22). The Balaban J connectivity index is 1.75. The number of hydrogen-bond acceptors (Lipinski definition) is 4. The third kappa shape index (κ3) is 3.83. The Morgan fingerprint density at radius 2 is 1.91 bits per heavy atom. The lowest BCUT2D eigenvalue weighted by Crippen LogP contribution is -2.31. The summed E-state index contributed by atoms with van der Waals surface area (Å²) in [4.78, 5) is 9.35. The van der Waals surface area contributed by atoms with Gasteiger partial charge in [0.25, 0.3) is 0 Å². The fourth-order valence-corrected chi connectivity index (χ4v) is 2.82. The Kier molecular flexibility index (Phi) is 5.01. The van der Waals surface area contributed by atoms with E-state index in [0.717, 1.165) is 54.9 Å². The van der Waals surface area contributed by atoms with Gasteiger partial charge in [-0.25, -0.2) is 9.97 Å². The average Bonchev–Trinajstić information content (AvgIpc) is 2.61. The second-order valence-electron chi connectivity index (χ2n) is 5.86. The minimum absolute atomic E-state index is 0.737. The van der Waals surface area contributed by atoms with Gasteiger partial charge >= 0.3 is 0 Å². The van der Waals surface area contributed by atoms with Crippen LogP contribution in [-0.2, 0) is 6.42 Å². The predicted octanol–water partition coefficient (Wildman–Crippen LogP) is 3.12. The highest BCUT2D eigenvalue weighted by molar-refractivity contribution is 5.57. The number of nitrogens with one attached hydrogen (secondary N) is 2. The van der Waals surface area contributed by atoms with E-state index in [1.807, 2.05) is 18.2 Å². The molecule has 2 aromatic rings. The first kappa shape index (κ1) is 15.0. The van der Waals surface area contributed by atoms with Crippen LogP contribution >= 0.6 is 0 Å². The number of piperidine rings is 1. The number of hydrogen-bond donors (Lipinski definition) is 2. The molecular formula is C18H24N4. The van der Waals surface area contributed by atoms with Crippen molar-refractivity contribution < 1.29 is 0 Å². The number of aryl methyl sites for hydroxylation is 1. The molecule has 4 nitrogen and oxygen atoms in total. The highest BCUT2D eigenvalue weighted by atomic mass is 15.0. The Bertz CT molecular complexity index is 591. The third-order valence-corrected chi connectivity index (χ3v) is 4.20. The molecule has 1 aliphatic heterocycles. The molecule has 4 heteroatoms. The van der Waals surface area contributed by atoms with Crippen LogP contribution in [0.25, 0.3) is 11.4 Å². The van der Waals surface area contributed by atoms with Gasteiger partial charge in [0.1, 0.15) is 5.82 Å². The van der Waals surface area contributed by atoms with Gasteiger partial charge in [-0.15, -0.1) is 0 Å². The van der Waals surface area contributed by atoms with Gasteiger partial charge in [-0.3, -0.25) is 0 Å². The van der Waals surface area contributed by atoms with Crippen LogP contribution < -0.4 is 10.6 Å². The van der Waals surface area contributed by atoms with E-state index in [9.17, 15) is 0 Å². The summed E-state index contributed by atoms with van der Waals surface area (Å²) in [6, 6.07) is 12.3. The van der Waals surface area contributed by atoms with Crippen LogP contribution in [0.3, 0.4) is 0 Å². The van der Waals surface area contributed by atoms with E-state index in [4.69, 9.17) is 4.98 Å². The first-order valence-corrected chi connectivity index (χ1v) is 8.23. The Morgan fingerprint density at radius 1 is 1.14 bits per heavy atom. The maximum Gasteiger partial charge on any atom is 0.161 e. The SMILES string of the molecule is CCc1cc(NCC2CCNCC2)nc(-c2ccccc2)n1. The molecule has 0 amide bonds. The maximum atomic E-state index is 4.70. The van der Waals surface area contributed by atoms with Gasteiger partial charge in [-0.05, 0) is 38.3 Å². The van der Waals surface area contributed by atoms with Crippen molar-refractivity contribution in [2.24, 2.45) is 5.92 Å². The summed E-state index contributed by atoms with van der Waals surface area (Å²) in [6.07, 6.45) is 3.40. The van der Waals surface area contributed by atoms with Crippen molar-refractivity contribution in [1.29, 1.82) is 0 Å². The molecule has 0 spiro atoms. The molecule has 1 saturated heterocycles. The summed E-state index contributed by atoms with van der Waals surface area (Å²) in [5, 5.41) is 6.93. The highest BCUT2D eigenvalue weighted by Crippen LogP contribution is 2.19. The van der Waals surface area contributed by atoms with Crippen LogP contribution in [0, 0.1) is 5.92 Å². The molecule has 0 bridgehead atoms. The number of benzene rings is 1. The molecule has 0 radical (unpaired) electrons. The Morgan fingerprint density at radius 3 is 2.64 bits per heavy atom. The molecule has 1 aliphatic rings. The first-order chi connectivity index (χ1) is 10.8. The first-order valence-electron chi connectivity index (χ1n) is 8.23. The van der Waals surface area contributed by atoms with Gasteiger partial charge < -0.3 is 10.6 Å². The van der Waals surface area contributed by atoms with E-state index in [0.29, 0.717) is 0 Å². The number of aromatic nitrogens is 2. The summed E-state index contributed by atoms with van der Waals surface area (Å²) in [5.41, 5.74) is 2.16. The van der Waals surface area contributed by atoms with Gasteiger partial charge in [0.15, 0.2) is 5.82 Å². The zero-order chi connectivity index (χ0) is 15.2. The zero-order valence-corrected chi connectivity index (χ0v) is 13.2. The molecule has 1 aromatic heterocycles. The van der Waals surface area contributed by atoms with E-state index in [1.165, 1.54) is 12.8 Å². The number of anilines is 1. The van der Waals surface area contributed by atoms with Gasteiger partial charge in [0.2, 0.25) is 0 Å². The van der Waals surface area contributed by atoms with Crippen molar-refractivity contribution >= 4 is 5.82 Å². The van der Waals surface area contributed by atoms with Crippen LogP contribution in [-0.4, -0.2) is 29.6 Å². The molecule has 0 aliphatic carbocycles. The van der Waals surface area contributed by atoms with Crippen LogP contribution in [0.2, 0.25) is 0 Å². The molecule has 1 aromatic carbocycles. The van der Waals surface area contributed by atoms with E-state index in [2.05, 4.69) is 40.7 Å². The molecule has 2 heterocycles. The highest BCUT2D eigenvalue weighted by Gasteiger charge is 2.13. The molecule has 116 valence electrons. The summed E-state index contributed by atoms with van der Waals surface area (Å²) < 4.78 is 0.